The van der Waals surface area contributed by atoms with Crippen LogP contribution >= 0.6 is 0 Å². The molecule has 1 aromatic heterocycles. The van der Waals surface area contributed by atoms with Gasteiger partial charge in [0.1, 0.15) is 5.69 Å². The second-order valence-corrected chi connectivity index (χ2v) is 2.86. The quantitative estimate of drug-likeness (QED) is 0.785. The molecule has 0 unspecified atom stereocenters. The average molecular weight is 246 g/mol. The molecule has 8 heteroatoms. The fourth-order valence-electron chi connectivity index (χ4n) is 1.10. The van der Waals surface area contributed by atoms with Gasteiger partial charge in [-0.1, -0.05) is 0 Å². The van der Waals surface area contributed by atoms with Crippen molar-refractivity contribution in [3.05, 3.63) is 17.6 Å². The minimum atomic E-state index is -1.52. The Kier molecular flexibility index (Phi) is 3.91. The molecule has 0 fully saturated rings. The highest BCUT2D eigenvalue weighted by Crippen LogP contribution is 2.22. The number of aromatic nitrogens is 1. The molecule has 0 atom stereocenters. The van der Waals surface area contributed by atoms with Crippen LogP contribution in [0, 0.1) is 5.82 Å². The summed E-state index contributed by atoms with van der Waals surface area (Å²) in [5.41, 5.74) is -0.966. The number of rotatable bonds is 4. The number of halogens is 2. The van der Waals surface area contributed by atoms with Crippen LogP contribution in [0.4, 0.5) is 19.3 Å². The Hall–Kier alpha value is -2.25. The van der Waals surface area contributed by atoms with Gasteiger partial charge in [0.25, 0.3) is 5.88 Å². The topological polar surface area (TPSA) is 88.5 Å². The number of anilines is 1. The second kappa shape index (κ2) is 5.19. The van der Waals surface area contributed by atoms with Crippen molar-refractivity contribution < 1.29 is 28.2 Å². The molecule has 0 aromatic carbocycles. The van der Waals surface area contributed by atoms with Crippen molar-refractivity contribution in [2.24, 2.45) is 0 Å². The maximum atomic E-state index is 13.2. The number of carbonyl (C=O) groups is 2. The highest BCUT2D eigenvalue weighted by atomic mass is 19.1. The fourth-order valence-corrected chi connectivity index (χ4v) is 1.10. The molecule has 0 aliphatic heterocycles. The first-order valence-electron chi connectivity index (χ1n) is 4.33. The molecule has 1 heterocycles. The van der Waals surface area contributed by atoms with E-state index in [-0.39, 0.29) is 0 Å². The Morgan fingerprint density at radius 3 is 2.71 bits per heavy atom. The normalized spacial score (nSPS) is 9.82. The molecule has 1 aromatic rings. The first-order valence-corrected chi connectivity index (χ1v) is 4.33. The van der Waals surface area contributed by atoms with E-state index in [1.807, 2.05) is 0 Å². The Labute approximate surface area is 94.2 Å². The maximum absolute atomic E-state index is 13.2. The number of hydrogen-bond acceptors (Lipinski definition) is 4. The smallest absolute Gasteiger partial charge is 0.409 e. The first kappa shape index (κ1) is 12.8. The lowest BCUT2D eigenvalue weighted by Crippen LogP contribution is -2.15. The van der Waals surface area contributed by atoms with Gasteiger partial charge >= 0.3 is 6.09 Å². The molecule has 6 nitrogen and oxygen atoms in total. The van der Waals surface area contributed by atoms with Crippen LogP contribution in [0.5, 0.6) is 5.88 Å². The summed E-state index contributed by atoms with van der Waals surface area (Å²) < 4.78 is 30.0. The van der Waals surface area contributed by atoms with Gasteiger partial charge in [-0.15, -0.1) is 0 Å². The Balaban J connectivity index is 3.30. The number of Topliss-reactive ketones (excluding diaryl/α,β-unsaturated/α-hetero) is 1. The Bertz CT molecular complexity index is 465. The van der Waals surface area contributed by atoms with E-state index in [1.165, 1.54) is 0 Å². The zero-order valence-corrected chi connectivity index (χ0v) is 8.66. The van der Waals surface area contributed by atoms with Crippen LogP contribution in [0.2, 0.25) is 0 Å². The minimum absolute atomic E-state index is 0.432. The molecule has 1 rings (SSSR count). The van der Waals surface area contributed by atoms with Crippen molar-refractivity contribution in [1.82, 2.24) is 4.98 Å². The third-order valence-corrected chi connectivity index (χ3v) is 1.76. The number of ether oxygens (including phenoxy) is 1. The van der Waals surface area contributed by atoms with Gasteiger partial charge in [0.2, 0.25) is 5.78 Å². The summed E-state index contributed by atoms with van der Waals surface area (Å²) in [6.07, 6.45) is -1.52. The van der Waals surface area contributed by atoms with E-state index in [9.17, 15) is 18.4 Å². The van der Waals surface area contributed by atoms with Crippen LogP contribution in [0.15, 0.2) is 6.07 Å². The molecule has 0 bridgehead atoms. The van der Waals surface area contributed by atoms with Crippen molar-refractivity contribution in [3.8, 4) is 5.88 Å². The van der Waals surface area contributed by atoms with Crippen molar-refractivity contribution >= 4 is 17.6 Å². The van der Waals surface area contributed by atoms with Gasteiger partial charge in [-0.05, 0) is 0 Å². The third kappa shape index (κ3) is 2.86. The summed E-state index contributed by atoms with van der Waals surface area (Å²) in [5, 5.41) is 10.2. The van der Waals surface area contributed by atoms with Crippen LogP contribution in [-0.2, 0) is 0 Å². The molecule has 0 saturated heterocycles. The number of amides is 1. The van der Waals surface area contributed by atoms with E-state index in [2.05, 4.69) is 9.72 Å². The number of nitrogens with one attached hydrogen (secondary N) is 1. The molecule has 0 saturated carbocycles. The molecule has 0 aliphatic rings. The Morgan fingerprint density at radius 2 is 2.24 bits per heavy atom. The molecular formula is C9H8F2N2O4. The van der Waals surface area contributed by atoms with Gasteiger partial charge in [-0.3, -0.25) is 10.1 Å². The summed E-state index contributed by atoms with van der Waals surface area (Å²) >= 11 is 0. The second-order valence-electron chi connectivity index (χ2n) is 2.86. The number of alkyl halides is 1. The average Bonchev–Trinajstić information content (AvgIpc) is 2.27. The first-order chi connectivity index (χ1) is 7.99. The number of carboxylic acid groups (broad SMARTS) is 1. The lowest BCUT2D eigenvalue weighted by molar-refractivity contribution is 0.0953. The lowest BCUT2D eigenvalue weighted by atomic mass is 10.2. The van der Waals surface area contributed by atoms with Crippen LogP contribution in [-0.4, -0.2) is 35.8 Å². The summed E-state index contributed by atoms with van der Waals surface area (Å²) in [4.78, 5) is 24.9. The predicted octanol–water partition coefficient (Wildman–Crippen LogP) is 1.47. The summed E-state index contributed by atoms with van der Waals surface area (Å²) in [5.74, 6) is -2.56. The zero-order chi connectivity index (χ0) is 13.0. The predicted molar refractivity (Wildman–Crippen MR) is 52.7 cm³/mol. The van der Waals surface area contributed by atoms with Crippen LogP contribution < -0.4 is 10.1 Å². The molecule has 0 radical (unpaired) electrons. The van der Waals surface area contributed by atoms with Crippen molar-refractivity contribution in [2.45, 2.75) is 0 Å². The van der Waals surface area contributed by atoms with E-state index < -0.39 is 41.6 Å². The van der Waals surface area contributed by atoms with Gasteiger partial charge in [0, 0.05) is 6.07 Å². The summed E-state index contributed by atoms with van der Waals surface area (Å²) in [6.45, 7) is -1.38. The van der Waals surface area contributed by atoms with Gasteiger partial charge in [0.05, 0.1) is 12.8 Å². The molecule has 1 amide bonds. The highest BCUT2D eigenvalue weighted by molar-refractivity contribution is 6.02. The third-order valence-electron chi connectivity index (χ3n) is 1.76. The number of hydrogen-bond donors (Lipinski definition) is 2. The molecule has 17 heavy (non-hydrogen) atoms. The number of ketones is 1. The number of pyridine rings is 1. The summed E-state index contributed by atoms with van der Waals surface area (Å²) in [7, 11) is 1.11. The van der Waals surface area contributed by atoms with Gasteiger partial charge < -0.3 is 9.84 Å². The fraction of sp³-hybridized carbons (Fsp3) is 0.222. The number of carbonyl (C=O) groups excluding carboxylic acids is 1. The summed E-state index contributed by atoms with van der Waals surface area (Å²) in [6, 6.07) is 0.697. The SMILES string of the molecule is COc1nc(C(=O)CF)c(NC(=O)O)cc1F. The van der Waals surface area contributed by atoms with Crippen molar-refractivity contribution in [2.75, 3.05) is 19.1 Å². The van der Waals surface area contributed by atoms with Crippen molar-refractivity contribution in [1.29, 1.82) is 0 Å². The lowest BCUT2D eigenvalue weighted by Gasteiger charge is -2.08. The van der Waals surface area contributed by atoms with Crippen LogP contribution in [0.25, 0.3) is 0 Å². The van der Waals surface area contributed by atoms with Crippen molar-refractivity contribution in [3.63, 3.8) is 0 Å². The number of nitrogens with zero attached hydrogens (tertiary/aromatic N) is 1. The maximum Gasteiger partial charge on any atom is 0.409 e. The van der Waals surface area contributed by atoms with E-state index in [1.54, 1.807) is 5.32 Å². The van der Waals surface area contributed by atoms with Crippen LogP contribution in [0.3, 0.4) is 0 Å². The molecule has 92 valence electrons. The van der Waals surface area contributed by atoms with E-state index in [4.69, 9.17) is 5.11 Å². The molecule has 0 spiro atoms. The standard InChI is InChI=1S/C9H8F2N2O4/c1-17-8-4(11)2-5(12-9(15)16)7(13-8)6(14)3-10/h2,12H,3H2,1H3,(H,15,16). The molecule has 0 aliphatic carbocycles. The van der Waals surface area contributed by atoms with Gasteiger partial charge in [0.15, 0.2) is 12.5 Å². The zero-order valence-electron chi connectivity index (χ0n) is 8.66. The Morgan fingerprint density at radius 1 is 1.59 bits per heavy atom. The largest absolute Gasteiger partial charge is 0.479 e. The number of methoxy groups -OCH3 is 1. The monoisotopic (exact) mass is 246 g/mol. The van der Waals surface area contributed by atoms with Gasteiger partial charge in [-0.2, -0.15) is 0 Å². The molecular weight excluding hydrogens is 238 g/mol. The highest BCUT2D eigenvalue weighted by Gasteiger charge is 2.19. The minimum Gasteiger partial charge on any atom is -0.479 e. The molecule has 2 N–H and O–H groups in total. The van der Waals surface area contributed by atoms with E-state index in [0.717, 1.165) is 7.11 Å². The van der Waals surface area contributed by atoms with E-state index >= 15 is 0 Å². The van der Waals surface area contributed by atoms with Gasteiger partial charge in [-0.25, -0.2) is 18.6 Å². The van der Waals surface area contributed by atoms with Crippen LogP contribution in [0.1, 0.15) is 10.5 Å². The van der Waals surface area contributed by atoms with E-state index in [0.29, 0.717) is 6.07 Å².